The number of hydrogen-bond acceptors (Lipinski definition) is 6. The number of thioether (sulfide) groups is 1. The first kappa shape index (κ1) is 17.2. The number of amides is 1. The number of fused-ring (bicyclic) bond motifs is 1. The minimum Gasteiger partial charge on any atom is -0.506 e. The Kier molecular flexibility index (Phi) is 5.11. The van der Waals surface area contributed by atoms with Gasteiger partial charge in [-0.1, -0.05) is 11.8 Å². The molecule has 1 aromatic carbocycles. The SMILES string of the molecule is Cc1cc(I)ccc1NC(=O)CSc1nc2[nH]c(=O)cc(O)c2s1. The minimum atomic E-state index is -0.409. The fourth-order valence-corrected chi connectivity index (χ4v) is 4.50. The van der Waals surface area contributed by atoms with Crippen LogP contribution in [0.2, 0.25) is 0 Å². The zero-order chi connectivity index (χ0) is 17.3. The zero-order valence-corrected chi connectivity index (χ0v) is 16.2. The lowest BCUT2D eigenvalue weighted by atomic mass is 10.2. The number of benzene rings is 1. The number of aromatic nitrogens is 2. The van der Waals surface area contributed by atoms with Crippen LogP contribution in [0.15, 0.2) is 33.4 Å². The van der Waals surface area contributed by atoms with Crippen LogP contribution < -0.4 is 10.9 Å². The van der Waals surface area contributed by atoms with Crippen molar-refractivity contribution in [1.29, 1.82) is 0 Å². The van der Waals surface area contributed by atoms with Crippen LogP contribution in [-0.2, 0) is 4.79 Å². The van der Waals surface area contributed by atoms with E-state index in [1.54, 1.807) is 0 Å². The molecule has 1 amide bonds. The number of nitrogens with one attached hydrogen (secondary N) is 2. The molecule has 124 valence electrons. The number of anilines is 1. The maximum Gasteiger partial charge on any atom is 0.253 e. The number of pyridine rings is 1. The van der Waals surface area contributed by atoms with Crippen molar-refractivity contribution in [3.8, 4) is 5.75 Å². The minimum absolute atomic E-state index is 0.0999. The number of carbonyl (C=O) groups excluding carboxylic acids is 1. The third-order valence-electron chi connectivity index (χ3n) is 3.14. The molecule has 9 heteroatoms. The molecule has 0 unspecified atom stereocenters. The van der Waals surface area contributed by atoms with Crippen LogP contribution in [-0.4, -0.2) is 26.7 Å². The molecule has 0 aliphatic rings. The normalized spacial score (nSPS) is 10.9. The molecule has 0 saturated heterocycles. The number of H-pyrrole nitrogens is 1. The van der Waals surface area contributed by atoms with Gasteiger partial charge in [0.25, 0.3) is 5.56 Å². The third kappa shape index (κ3) is 3.90. The van der Waals surface area contributed by atoms with Gasteiger partial charge in [-0.05, 0) is 53.3 Å². The summed E-state index contributed by atoms with van der Waals surface area (Å²) in [5.41, 5.74) is 1.71. The number of carbonyl (C=O) groups is 1. The summed E-state index contributed by atoms with van der Waals surface area (Å²) in [6, 6.07) is 6.92. The molecule has 3 rings (SSSR count). The zero-order valence-electron chi connectivity index (χ0n) is 12.4. The highest BCUT2D eigenvalue weighted by molar-refractivity contribution is 14.1. The molecule has 0 aliphatic carbocycles. The van der Waals surface area contributed by atoms with Gasteiger partial charge in [-0.25, -0.2) is 4.98 Å². The summed E-state index contributed by atoms with van der Waals surface area (Å²) in [7, 11) is 0. The largest absolute Gasteiger partial charge is 0.506 e. The monoisotopic (exact) mass is 473 g/mol. The molecular formula is C15H12IN3O3S2. The summed E-state index contributed by atoms with van der Waals surface area (Å²) in [5, 5.41) is 12.6. The van der Waals surface area contributed by atoms with E-state index < -0.39 is 5.56 Å². The molecule has 2 aromatic heterocycles. The molecule has 0 fully saturated rings. The summed E-state index contributed by atoms with van der Waals surface area (Å²) in [5.74, 6) is -0.0469. The van der Waals surface area contributed by atoms with E-state index in [0.29, 0.717) is 14.7 Å². The van der Waals surface area contributed by atoms with Gasteiger partial charge in [0.15, 0.2) is 9.99 Å². The van der Waals surface area contributed by atoms with E-state index in [4.69, 9.17) is 0 Å². The maximum absolute atomic E-state index is 12.1. The molecule has 24 heavy (non-hydrogen) atoms. The first-order chi connectivity index (χ1) is 11.4. The lowest BCUT2D eigenvalue weighted by molar-refractivity contribution is -0.113. The van der Waals surface area contributed by atoms with E-state index in [0.717, 1.165) is 20.9 Å². The van der Waals surface area contributed by atoms with Crippen LogP contribution in [0.4, 0.5) is 5.69 Å². The average Bonchev–Trinajstić information content (AvgIpc) is 2.91. The van der Waals surface area contributed by atoms with Crippen LogP contribution in [0.1, 0.15) is 5.56 Å². The number of nitrogens with zero attached hydrogens (tertiary/aromatic N) is 1. The summed E-state index contributed by atoms with van der Waals surface area (Å²) < 4.78 is 2.23. The number of rotatable bonds is 4. The first-order valence-corrected chi connectivity index (χ1v) is 9.72. The van der Waals surface area contributed by atoms with Gasteiger partial charge in [-0.2, -0.15) is 0 Å². The average molecular weight is 473 g/mol. The Morgan fingerprint density at radius 2 is 2.25 bits per heavy atom. The highest BCUT2D eigenvalue weighted by Crippen LogP contribution is 2.32. The summed E-state index contributed by atoms with van der Waals surface area (Å²) in [6.07, 6.45) is 0. The lowest BCUT2D eigenvalue weighted by Crippen LogP contribution is -2.14. The highest BCUT2D eigenvalue weighted by Gasteiger charge is 2.12. The summed E-state index contributed by atoms with van der Waals surface area (Å²) in [6.45, 7) is 1.94. The molecule has 2 heterocycles. The Balaban J connectivity index is 1.68. The molecular weight excluding hydrogens is 461 g/mol. The molecule has 6 nitrogen and oxygen atoms in total. The molecule has 0 aliphatic heterocycles. The topological polar surface area (TPSA) is 95.1 Å². The number of aryl methyl sites for hydroxylation is 1. The van der Waals surface area contributed by atoms with Crippen molar-refractivity contribution >= 4 is 67.6 Å². The van der Waals surface area contributed by atoms with Crippen LogP contribution in [0.3, 0.4) is 0 Å². The molecule has 0 bridgehead atoms. The second kappa shape index (κ2) is 7.11. The summed E-state index contributed by atoms with van der Waals surface area (Å²) >= 11 is 4.72. The van der Waals surface area contributed by atoms with Crippen molar-refractivity contribution < 1.29 is 9.90 Å². The molecule has 3 aromatic rings. The van der Waals surface area contributed by atoms with Gasteiger partial charge in [-0.15, -0.1) is 11.3 Å². The molecule has 3 N–H and O–H groups in total. The van der Waals surface area contributed by atoms with Gasteiger partial charge in [0.2, 0.25) is 5.91 Å². The smallest absolute Gasteiger partial charge is 0.253 e. The standard InChI is InChI=1S/C15H12IN3O3S2/c1-7-4-8(16)2-3-9(7)17-12(22)6-23-15-19-14-13(24-15)10(20)5-11(21)18-14/h2-5H,6H2,1H3,(H,17,22)(H2,18,20,21). The van der Waals surface area contributed by atoms with E-state index in [9.17, 15) is 14.7 Å². The van der Waals surface area contributed by atoms with Gasteiger partial charge in [0.05, 0.1) is 5.75 Å². The van der Waals surface area contributed by atoms with E-state index in [1.807, 2.05) is 25.1 Å². The van der Waals surface area contributed by atoms with Crippen molar-refractivity contribution in [1.82, 2.24) is 9.97 Å². The lowest BCUT2D eigenvalue weighted by Gasteiger charge is -2.08. The number of aromatic amines is 1. The number of hydrogen-bond donors (Lipinski definition) is 3. The van der Waals surface area contributed by atoms with Crippen molar-refractivity contribution in [3.63, 3.8) is 0 Å². The van der Waals surface area contributed by atoms with E-state index in [2.05, 4.69) is 37.9 Å². The van der Waals surface area contributed by atoms with Gasteiger partial charge in [0.1, 0.15) is 10.4 Å². The van der Waals surface area contributed by atoms with Crippen LogP contribution in [0.25, 0.3) is 10.3 Å². The predicted octanol–water partition coefficient (Wildman–Crippen LogP) is 3.33. The van der Waals surface area contributed by atoms with Gasteiger partial charge in [0, 0.05) is 15.3 Å². The number of halogens is 1. The molecule has 0 radical (unpaired) electrons. The Morgan fingerprint density at radius 3 is 3.00 bits per heavy atom. The van der Waals surface area contributed by atoms with Crippen molar-refractivity contribution in [2.75, 3.05) is 11.1 Å². The van der Waals surface area contributed by atoms with Crippen LogP contribution >= 0.6 is 45.7 Å². The van der Waals surface area contributed by atoms with Crippen molar-refractivity contribution in [2.45, 2.75) is 11.3 Å². The Hall–Kier alpha value is -1.59. The molecule has 0 spiro atoms. The van der Waals surface area contributed by atoms with Crippen LogP contribution in [0, 0.1) is 10.5 Å². The number of thiazole rings is 1. The second-order valence-corrected chi connectivity index (χ2v) is 8.44. The van der Waals surface area contributed by atoms with E-state index >= 15 is 0 Å². The Bertz CT molecular complexity index is 984. The maximum atomic E-state index is 12.1. The van der Waals surface area contributed by atoms with Gasteiger partial charge < -0.3 is 15.4 Å². The summed E-state index contributed by atoms with van der Waals surface area (Å²) in [4.78, 5) is 30.2. The highest BCUT2D eigenvalue weighted by atomic mass is 127. The van der Waals surface area contributed by atoms with Crippen molar-refractivity contribution in [3.05, 3.63) is 43.8 Å². The quantitative estimate of drug-likeness (QED) is 0.399. The van der Waals surface area contributed by atoms with Gasteiger partial charge in [-0.3, -0.25) is 9.59 Å². The van der Waals surface area contributed by atoms with Crippen molar-refractivity contribution in [2.24, 2.45) is 0 Å². The van der Waals surface area contributed by atoms with E-state index in [-0.39, 0.29) is 17.4 Å². The Labute approximate surface area is 158 Å². The predicted molar refractivity (Wildman–Crippen MR) is 105 cm³/mol. The third-order valence-corrected chi connectivity index (χ3v) is 6.03. The van der Waals surface area contributed by atoms with Gasteiger partial charge >= 0.3 is 0 Å². The van der Waals surface area contributed by atoms with Crippen LogP contribution in [0.5, 0.6) is 5.75 Å². The molecule has 0 saturated carbocycles. The fourth-order valence-electron chi connectivity index (χ4n) is 2.04. The second-order valence-electron chi connectivity index (χ2n) is 4.97. The Morgan fingerprint density at radius 1 is 1.46 bits per heavy atom. The first-order valence-electron chi connectivity index (χ1n) is 6.84. The molecule has 0 atom stereocenters. The number of aromatic hydroxyl groups is 1. The van der Waals surface area contributed by atoms with E-state index in [1.165, 1.54) is 23.1 Å². The fraction of sp³-hybridized carbons (Fsp3) is 0.133.